The first-order valence-corrected chi connectivity index (χ1v) is 6.86. The summed E-state index contributed by atoms with van der Waals surface area (Å²) in [6.45, 7) is 8.98. The summed E-state index contributed by atoms with van der Waals surface area (Å²) in [6.07, 6.45) is 3.49. The van der Waals surface area contributed by atoms with E-state index >= 15 is 0 Å². The van der Waals surface area contributed by atoms with Crippen LogP contribution >= 0.6 is 0 Å². The molecule has 0 bridgehead atoms. The molecule has 1 aliphatic rings. The van der Waals surface area contributed by atoms with Crippen LogP contribution in [0.3, 0.4) is 0 Å². The molecule has 1 fully saturated rings. The minimum Gasteiger partial charge on any atom is -0.379 e. The molecule has 5 heteroatoms. The Morgan fingerprint density at radius 3 is 2.61 bits per heavy atom. The van der Waals surface area contributed by atoms with Crippen molar-refractivity contribution >= 4 is 0 Å². The summed E-state index contributed by atoms with van der Waals surface area (Å²) in [7, 11) is 0. The van der Waals surface area contributed by atoms with Gasteiger partial charge >= 0.3 is 0 Å². The quantitative estimate of drug-likeness (QED) is 0.578. The zero-order valence-corrected chi connectivity index (χ0v) is 11.9. The van der Waals surface area contributed by atoms with Crippen molar-refractivity contribution in [2.75, 3.05) is 26.4 Å². The molecule has 108 valence electrons. The number of hydrogen-bond donors (Lipinski definition) is 2. The first kappa shape index (κ1) is 15.9. The highest BCUT2D eigenvalue weighted by Crippen LogP contribution is 2.20. The van der Waals surface area contributed by atoms with Gasteiger partial charge in [-0.25, -0.2) is 0 Å². The number of hydroxylamine groups is 1. The van der Waals surface area contributed by atoms with Gasteiger partial charge in [-0.1, -0.05) is 0 Å². The third kappa shape index (κ3) is 6.66. The maximum Gasteiger partial charge on any atom is 0.0883 e. The molecule has 3 N–H and O–H groups in total. The fourth-order valence-corrected chi connectivity index (χ4v) is 1.77. The Labute approximate surface area is 110 Å². The van der Waals surface area contributed by atoms with Crippen LogP contribution in [0.15, 0.2) is 0 Å². The molecule has 0 aromatic carbocycles. The molecule has 0 aliphatic carbocycles. The second kappa shape index (κ2) is 8.07. The van der Waals surface area contributed by atoms with Crippen molar-refractivity contribution in [3.63, 3.8) is 0 Å². The largest absolute Gasteiger partial charge is 0.379 e. The topological polar surface area (TPSA) is 65.7 Å². The Morgan fingerprint density at radius 1 is 1.33 bits per heavy atom. The van der Waals surface area contributed by atoms with Crippen LogP contribution in [0.4, 0.5) is 0 Å². The van der Waals surface area contributed by atoms with Gasteiger partial charge in [0.1, 0.15) is 0 Å². The van der Waals surface area contributed by atoms with Gasteiger partial charge in [0.2, 0.25) is 0 Å². The Morgan fingerprint density at radius 2 is 2.06 bits per heavy atom. The number of nitrogens with two attached hydrogens (primary N) is 1. The van der Waals surface area contributed by atoms with Crippen LogP contribution in [-0.4, -0.2) is 44.1 Å². The highest BCUT2D eigenvalue weighted by atomic mass is 16.7. The zero-order chi connectivity index (χ0) is 13.4. The molecule has 1 aliphatic heterocycles. The molecule has 1 heterocycles. The Bertz CT molecular complexity index is 220. The fraction of sp³-hybridized carbons (Fsp3) is 1.00. The van der Waals surface area contributed by atoms with Gasteiger partial charge in [0, 0.05) is 12.6 Å². The summed E-state index contributed by atoms with van der Waals surface area (Å²) >= 11 is 0. The summed E-state index contributed by atoms with van der Waals surface area (Å²) in [6, 6.07) is 0.0883. The number of rotatable bonds is 10. The molecule has 5 nitrogen and oxygen atoms in total. The lowest BCUT2D eigenvalue weighted by atomic mass is 9.95. The molecule has 0 radical (unpaired) electrons. The predicted octanol–water partition coefficient (Wildman–Crippen LogP) is 1.22. The van der Waals surface area contributed by atoms with Crippen LogP contribution in [0.5, 0.6) is 0 Å². The van der Waals surface area contributed by atoms with Crippen LogP contribution in [0, 0.1) is 0 Å². The van der Waals surface area contributed by atoms with E-state index in [1.54, 1.807) is 0 Å². The second-order valence-electron chi connectivity index (χ2n) is 5.60. The predicted molar refractivity (Wildman–Crippen MR) is 71.2 cm³/mol. The van der Waals surface area contributed by atoms with Gasteiger partial charge < -0.3 is 15.2 Å². The smallest absolute Gasteiger partial charge is 0.0883 e. The van der Waals surface area contributed by atoms with Crippen LogP contribution in [0.2, 0.25) is 0 Å². The van der Waals surface area contributed by atoms with Crippen molar-refractivity contribution in [3.8, 4) is 0 Å². The number of ether oxygens (including phenoxy) is 2. The molecular weight excluding hydrogens is 232 g/mol. The van der Waals surface area contributed by atoms with Crippen molar-refractivity contribution in [1.29, 1.82) is 0 Å². The van der Waals surface area contributed by atoms with E-state index in [4.69, 9.17) is 20.0 Å². The Hall–Kier alpha value is -0.200. The molecule has 0 aromatic rings. The lowest BCUT2D eigenvalue weighted by molar-refractivity contribution is -0.154. The van der Waals surface area contributed by atoms with Gasteiger partial charge in [0.05, 0.1) is 31.5 Å². The van der Waals surface area contributed by atoms with E-state index in [0.29, 0.717) is 13.2 Å². The first-order chi connectivity index (χ1) is 8.52. The van der Waals surface area contributed by atoms with Crippen molar-refractivity contribution in [3.05, 3.63) is 0 Å². The van der Waals surface area contributed by atoms with Crippen molar-refractivity contribution < 1.29 is 14.3 Å². The molecule has 0 saturated carbocycles. The summed E-state index contributed by atoms with van der Waals surface area (Å²) in [5.41, 5.74) is 8.79. The van der Waals surface area contributed by atoms with Crippen LogP contribution in [-0.2, 0) is 14.3 Å². The average Bonchev–Trinajstić information content (AvgIpc) is 2.28. The van der Waals surface area contributed by atoms with E-state index in [0.717, 1.165) is 32.5 Å². The SMILES string of the molecule is CC(N)COC(C)COCCCCC1(C)CON1. The summed E-state index contributed by atoms with van der Waals surface area (Å²) in [4.78, 5) is 4.99. The number of hydrogen-bond acceptors (Lipinski definition) is 5. The van der Waals surface area contributed by atoms with E-state index in [-0.39, 0.29) is 17.7 Å². The standard InChI is InChI=1S/C13H28N2O3/c1-11(14)8-17-12(2)9-16-7-5-4-6-13(3)10-18-15-13/h11-12,15H,4-10,14H2,1-3H3. The monoisotopic (exact) mass is 260 g/mol. The molecule has 1 saturated heterocycles. The van der Waals surface area contributed by atoms with Gasteiger partial charge in [-0.3, -0.25) is 4.84 Å². The molecule has 18 heavy (non-hydrogen) atoms. The molecular formula is C13H28N2O3. The van der Waals surface area contributed by atoms with E-state index < -0.39 is 0 Å². The lowest BCUT2D eigenvalue weighted by Gasteiger charge is -2.38. The van der Waals surface area contributed by atoms with E-state index in [1.807, 2.05) is 13.8 Å². The Balaban J connectivity index is 1.85. The molecule has 1 rings (SSSR count). The van der Waals surface area contributed by atoms with E-state index in [1.165, 1.54) is 0 Å². The summed E-state index contributed by atoms with van der Waals surface area (Å²) in [5, 5.41) is 0. The highest BCUT2D eigenvalue weighted by molar-refractivity contribution is 4.84. The van der Waals surface area contributed by atoms with Gasteiger partial charge in [-0.15, -0.1) is 0 Å². The van der Waals surface area contributed by atoms with Crippen LogP contribution < -0.4 is 11.2 Å². The summed E-state index contributed by atoms with van der Waals surface area (Å²) in [5.74, 6) is 0. The van der Waals surface area contributed by atoms with E-state index in [9.17, 15) is 0 Å². The van der Waals surface area contributed by atoms with Gasteiger partial charge in [0.15, 0.2) is 0 Å². The zero-order valence-electron chi connectivity index (χ0n) is 11.9. The minimum absolute atomic E-state index is 0.0883. The van der Waals surface area contributed by atoms with Crippen molar-refractivity contribution in [1.82, 2.24) is 5.48 Å². The van der Waals surface area contributed by atoms with Crippen LogP contribution in [0.1, 0.15) is 40.0 Å². The second-order valence-corrected chi connectivity index (χ2v) is 5.60. The molecule has 3 atom stereocenters. The first-order valence-electron chi connectivity index (χ1n) is 6.86. The maximum atomic E-state index is 5.61. The molecule has 0 amide bonds. The number of unbranched alkanes of at least 4 members (excludes halogenated alkanes) is 1. The molecule has 3 unspecified atom stereocenters. The van der Waals surface area contributed by atoms with Crippen molar-refractivity contribution in [2.24, 2.45) is 5.73 Å². The normalized spacial score (nSPS) is 26.7. The van der Waals surface area contributed by atoms with Gasteiger partial charge in [-0.05, 0) is 40.0 Å². The third-order valence-corrected chi connectivity index (χ3v) is 2.97. The molecule has 0 aromatic heterocycles. The minimum atomic E-state index is 0.0883. The van der Waals surface area contributed by atoms with Crippen LogP contribution in [0.25, 0.3) is 0 Å². The third-order valence-electron chi connectivity index (χ3n) is 2.97. The highest BCUT2D eigenvalue weighted by Gasteiger charge is 2.31. The average molecular weight is 260 g/mol. The number of nitrogens with one attached hydrogen (secondary N) is 1. The molecule has 0 spiro atoms. The Kier molecular flexibility index (Phi) is 7.11. The lowest BCUT2D eigenvalue weighted by Crippen LogP contribution is -2.57. The summed E-state index contributed by atoms with van der Waals surface area (Å²) < 4.78 is 11.1. The fourth-order valence-electron chi connectivity index (χ4n) is 1.77. The van der Waals surface area contributed by atoms with Crippen molar-refractivity contribution in [2.45, 2.75) is 57.7 Å². The maximum absolute atomic E-state index is 5.61. The van der Waals surface area contributed by atoms with Gasteiger partial charge in [0.25, 0.3) is 0 Å². The van der Waals surface area contributed by atoms with E-state index in [2.05, 4.69) is 12.4 Å². The van der Waals surface area contributed by atoms with Gasteiger partial charge in [-0.2, -0.15) is 5.48 Å².